The summed E-state index contributed by atoms with van der Waals surface area (Å²) < 4.78 is 1.91. The molecule has 3 heterocycles. The Hall–Kier alpha value is -2.37. The van der Waals surface area contributed by atoms with Gasteiger partial charge in [0.1, 0.15) is 0 Å². The van der Waals surface area contributed by atoms with Gasteiger partial charge in [0.15, 0.2) is 0 Å². The number of nitrogens with zero attached hydrogens (tertiary/aromatic N) is 3. The number of aromatic nitrogens is 2. The van der Waals surface area contributed by atoms with Crippen LogP contribution in [0.5, 0.6) is 0 Å². The summed E-state index contributed by atoms with van der Waals surface area (Å²) in [7, 11) is 1.96. The number of piperidine rings is 1. The van der Waals surface area contributed by atoms with Gasteiger partial charge in [0.2, 0.25) is 11.8 Å². The molecule has 27 heavy (non-hydrogen) atoms. The molecule has 1 atom stereocenters. The lowest BCUT2D eigenvalue weighted by Gasteiger charge is -2.53. The van der Waals surface area contributed by atoms with E-state index in [1.54, 1.807) is 0 Å². The number of carbonyl (C=O) groups is 2. The molecule has 0 bridgehead atoms. The van der Waals surface area contributed by atoms with E-state index in [2.05, 4.69) is 28.4 Å². The van der Waals surface area contributed by atoms with Crippen molar-refractivity contribution in [3.05, 3.63) is 23.9 Å². The van der Waals surface area contributed by atoms with Gasteiger partial charge in [-0.1, -0.05) is 31.4 Å². The van der Waals surface area contributed by atoms with Crippen LogP contribution in [-0.4, -0.2) is 34.7 Å². The van der Waals surface area contributed by atoms with Crippen LogP contribution in [0.25, 0.3) is 10.9 Å². The van der Waals surface area contributed by atoms with Crippen molar-refractivity contribution in [2.45, 2.75) is 50.9 Å². The van der Waals surface area contributed by atoms with E-state index < -0.39 is 0 Å². The fourth-order valence-electron chi connectivity index (χ4n) is 5.36. The Morgan fingerprint density at radius 1 is 1.15 bits per heavy atom. The molecule has 2 aromatic rings. The molecule has 1 N–H and O–H groups in total. The molecule has 2 saturated heterocycles. The van der Waals surface area contributed by atoms with Gasteiger partial charge < -0.3 is 4.90 Å². The second kappa shape index (κ2) is 6.08. The monoisotopic (exact) mass is 366 g/mol. The molecule has 3 aliphatic rings. The Balaban J connectivity index is 1.48. The van der Waals surface area contributed by atoms with Gasteiger partial charge in [0, 0.05) is 37.4 Å². The Morgan fingerprint density at radius 3 is 2.67 bits per heavy atom. The third-order valence-corrected chi connectivity index (χ3v) is 6.75. The van der Waals surface area contributed by atoms with Crippen LogP contribution in [-0.2, 0) is 16.6 Å². The average molecular weight is 366 g/mol. The molecule has 5 rings (SSSR count). The molecule has 1 saturated carbocycles. The van der Waals surface area contributed by atoms with Gasteiger partial charge in [-0.3, -0.25) is 19.6 Å². The van der Waals surface area contributed by atoms with Crippen LogP contribution in [0.2, 0.25) is 0 Å². The van der Waals surface area contributed by atoms with Gasteiger partial charge in [-0.25, -0.2) is 0 Å². The van der Waals surface area contributed by atoms with Crippen molar-refractivity contribution in [2.24, 2.45) is 12.5 Å². The molecule has 1 unspecified atom stereocenters. The molecule has 142 valence electrons. The lowest BCUT2D eigenvalue weighted by molar-refractivity contribution is -0.134. The number of hydrogen-bond acceptors (Lipinski definition) is 4. The van der Waals surface area contributed by atoms with Crippen LogP contribution in [0.1, 0.15) is 56.6 Å². The SMILES string of the molecule is Cn1nc(C2CCC(=O)NC2=O)c2cccc(N3CC4(CCCCC4)C3)c21. The number of nitrogens with one attached hydrogen (secondary N) is 1. The first-order valence-corrected chi connectivity index (χ1v) is 10.1. The highest BCUT2D eigenvalue weighted by molar-refractivity contribution is 6.03. The summed E-state index contributed by atoms with van der Waals surface area (Å²) >= 11 is 0. The summed E-state index contributed by atoms with van der Waals surface area (Å²) in [6, 6.07) is 6.30. The second-order valence-electron chi connectivity index (χ2n) is 8.60. The summed E-state index contributed by atoms with van der Waals surface area (Å²) in [5.74, 6) is -0.750. The number of benzene rings is 1. The first-order valence-electron chi connectivity index (χ1n) is 10.1. The molecule has 6 nitrogen and oxygen atoms in total. The van der Waals surface area contributed by atoms with Gasteiger partial charge in [0.05, 0.1) is 22.8 Å². The third kappa shape index (κ3) is 2.65. The molecule has 1 aromatic heterocycles. The second-order valence-corrected chi connectivity index (χ2v) is 8.60. The van der Waals surface area contributed by atoms with E-state index in [1.807, 2.05) is 11.7 Å². The largest absolute Gasteiger partial charge is 0.369 e. The normalized spacial score (nSPS) is 24.9. The van der Waals surface area contributed by atoms with E-state index in [9.17, 15) is 9.59 Å². The quantitative estimate of drug-likeness (QED) is 0.830. The molecule has 2 aliphatic heterocycles. The Morgan fingerprint density at radius 2 is 1.93 bits per heavy atom. The van der Waals surface area contributed by atoms with Gasteiger partial charge >= 0.3 is 0 Å². The van der Waals surface area contributed by atoms with E-state index >= 15 is 0 Å². The van der Waals surface area contributed by atoms with Crippen molar-refractivity contribution < 1.29 is 9.59 Å². The van der Waals surface area contributed by atoms with Crippen molar-refractivity contribution >= 4 is 28.4 Å². The molecular weight excluding hydrogens is 340 g/mol. The molecule has 1 aliphatic carbocycles. The number of aryl methyl sites for hydroxylation is 1. The number of rotatable bonds is 2. The van der Waals surface area contributed by atoms with Gasteiger partial charge in [0.25, 0.3) is 0 Å². The van der Waals surface area contributed by atoms with Gasteiger partial charge in [-0.2, -0.15) is 5.10 Å². The van der Waals surface area contributed by atoms with Gasteiger partial charge in [-0.15, -0.1) is 0 Å². The Labute approximate surface area is 158 Å². The maximum atomic E-state index is 12.4. The summed E-state index contributed by atoms with van der Waals surface area (Å²) in [6.07, 6.45) is 7.73. The van der Waals surface area contributed by atoms with Crippen LogP contribution in [0.3, 0.4) is 0 Å². The lowest BCUT2D eigenvalue weighted by Crippen LogP contribution is -2.57. The van der Waals surface area contributed by atoms with E-state index in [1.165, 1.54) is 37.8 Å². The first-order chi connectivity index (χ1) is 13.1. The van der Waals surface area contributed by atoms with Crippen LogP contribution >= 0.6 is 0 Å². The zero-order valence-corrected chi connectivity index (χ0v) is 15.8. The predicted octanol–water partition coefficient (Wildman–Crippen LogP) is 2.86. The number of carbonyl (C=O) groups excluding carboxylic acids is 2. The molecule has 2 amide bonds. The molecule has 0 radical (unpaired) electrons. The highest BCUT2D eigenvalue weighted by Crippen LogP contribution is 2.47. The zero-order valence-electron chi connectivity index (χ0n) is 15.8. The number of imide groups is 1. The third-order valence-electron chi connectivity index (χ3n) is 6.75. The minimum Gasteiger partial charge on any atom is -0.369 e. The van der Waals surface area contributed by atoms with Gasteiger partial charge in [-0.05, 0) is 25.3 Å². The number of anilines is 1. The molecule has 1 spiro atoms. The number of para-hydroxylation sites is 1. The zero-order chi connectivity index (χ0) is 18.6. The fourth-order valence-corrected chi connectivity index (χ4v) is 5.36. The molecule has 6 heteroatoms. The summed E-state index contributed by atoms with van der Waals surface area (Å²) in [4.78, 5) is 26.3. The molecule has 1 aromatic carbocycles. The highest BCUT2D eigenvalue weighted by Gasteiger charge is 2.44. The average Bonchev–Trinajstić information content (AvgIpc) is 2.97. The predicted molar refractivity (Wildman–Crippen MR) is 104 cm³/mol. The molecular formula is C21H26N4O2. The van der Waals surface area contributed by atoms with Crippen molar-refractivity contribution in [1.82, 2.24) is 15.1 Å². The lowest BCUT2D eigenvalue weighted by atomic mass is 9.68. The Bertz CT molecular complexity index is 918. The smallest absolute Gasteiger partial charge is 0.235 e. The maximum Gasteiger partial charge on any atom is 0.235 e. The van der Waals surface area contributed by atoms with Crippen LogP contribution in [0.4, 0.5) is 5.69 Å². The van der Waals surface area contributed by atoms with Crippen molar-refractivity contribution in [2.75, 3.05) is 18.0 Å². The first kappa shape index (κ1) is 16.8. The maximum absolute atomic E-state index is 12.4. The highest BCUT2D eigenvalue weighted by atomic mass is 16.2. The summed E-state index contributed by atoms with van der Waals surface area (Å²) in [6.45, 7) is 2.26. The minimum absolute atomic E-state index is 0.185. The van der Waals surface area contributed by atoms with Crippen LogP contribution in [0, 0.1) is 5.41 Å². The van der Waals surface area contributed by atoms with E-state index in [0.717, 1.165) is 29.7 Å². The van der Waals surface area contributed by atoms with Crippen molar-refractivity contribution in [1.29, 1.82) is 0 Å². The summed E-state index contributed by atoms with van der Waals surface area (Å²) in [5, 5.41) is 8.21. The Kier molecular flexibility index (Phi) is 3.78. The van der Waals surface area contributed by atoms with Crippen molar-refractivity contribution in [3.8, 4) is 0 Å². The number of hydrogen-bond donors (Lipinski definition) is 1. The number of amides is 2. The van der Waals surface area contributed by atoms with E-state index in [4.69, 9.17) is 5.10 Å². The topological polar surface area (TPSA) is 67.2 Å². The minimum atomic E-state index is -0.345. The van der Waals surface area contributed by atoms with Crippen LogP contribution < -0.4 is 10.2 Å². The standard InChI is InChI=1S/C21H26N4O2/c1-24-19-14(18(23-24)15-8-9-17(26)22-20(15)27)6-5-7-16(19)25-12-21(13-25)10-3-2-4-11-21/h5-7,15H,2-4,8-13H2,1H3,(H,22,26,27). The van der Waals surface area contributed by atoms with Crippen molar-refractivity contribution in [3.63, 3.8) is 0 Å². The van der Waals surface area contributed by atoms with E-state index in [-0.39, 0.29) is 17.7 Å². The van der Waals surface area contributed by atoms with Crippen LogP contribution in [0.15, 0.2) is 18.2 Å². The summed E-state index contributed by atoms with van der Waals surface area (Å²) in [5.41, 5.74) is 3.64. The number of fused-ring (bicyclic) bond motifs is 1. The fraction of sp³-hybridized carbons (Fsp3) is 0.571. The molecule has 3 fully saturated rings. The van der Waals surface area contributed by atoms with E-state index in [0.29, 0.717) is 18.3 Å².